The summed E-state index contributed by atoms with van der Waals surface area (Å²) in [6.45, 7) is 5.52. The third-order valence-corrected chi connectivity index (χ3v) is 3.50. The summed E-state index contributed by atoms with van der Waals surface area (Å²) in [5.41, 5.74) is 2.49. The van der Waals surface area contributed by atoms with Crippen molar-refractivity contribution in [1.29, 1.82) is 0 Å². The molecular weight excluding hydrogens is 282 g/mol. The molecule has 0 radical (unpaired) electrons. The summed E-state index contributed by atoms with van der Waals surface area (Å²) in [6.07, 6.45) is 0. The summed E-state index contributed by atoms with van der Waals surface area (Å²) in [6, 6.07) is 7.02. The van der Waals surface area contributed by atoms with Crippen molar-refractivity contribution < 1.29 is 19.1 Å². The minimum atomic E-state index is -0.456. The number of carbonyl (C=O) groups excluding carboxylic acids is 2. The van der Waals surface area contributed by atoms with Crippen molar-refractivity contribution in [3.05, 3.63) is 52.3 Å². The van der Waals surface area contributed by atoms with Crippen molar-refractivity contribution in [2.24, 2.45) is 0 Å². The largest absolute Gasteiger partial charge is 0.496 e. The maximum absolute atomic E-state index is 12.8. The molecule has 0 amide bonds. The van der Waals surface area contributed by atoms with Gasteiger partial charge in [-0.15, -0.1) is 0 Å². The zero-order valence-corrected chi connectivity index (χ0v) is 13.1. The smallest absolute Gasteiger partial charge is 0.355 e. The number of esters is 1. The number of rotatable bonds is 5. The highest BCUT2D eigenvalue weighted by Crippen LogP contribution is 2.26. The average molecular weight is 301 g/mol. The highest BCUT2D eigenvalue weighted by Gasteiger charge is 2.25. The molecule has 0 saturated carbocycles. The number of ether oxygens (including phenoxy) is 2. The van der Waals surface area contributed by atoms with Crippen LogP contribution in [0.25, 0.3) is 0 Å². The summed E-state index contributed by atoms with van der Waals surface area (Å²) >= 11 is 0. The van der Waals surface area contributed by atoms with E-state index in [4.69, 9.17) is 9.47 Å². The van der Waals surface area contributed by atoms with Crippen LogP contribution < -0.4 is 4.74 Å². The Kier molecular flexibility index (Phi) is 4.65. The van der Waals surface area contributed by atoms with E-state index >= 15 is 0 Å². The molecule has 2 rings (SSSR count). The minimum absolute atomic E-state index is 0.181. The van der Waals surface area contributed by atoms with Gasteiger partial charge in [-0.2, -0.15) is 0 Å². The Morgan fingerprint density at radius 1 is 1.18 bits per heavy atom. The molecule has 0 aliphatic heterocycles. The van der Waals surface area contributed by atoms with Gasteiger partial charge in [0.15, 0.2) is 5.78 Å². The lowest BCUT2D eigenvalue weighted by atomic mass is 9.99. The second-order valence-electron chi connectivity index (χ2n) is 4.87. The molecule has 22 heavy (non-hydrogen) atoms. The molecule has 0 aliphatic rings. The molecule has 116 valence electrons. The molecule has 0 aliphatic carbocycles. The van der Waals surface area contributed by atoms with Crippen molar-refractivity contribution >= 4 is 11.8 Å². The number of hydrogen-bond acceptors (Lipinski definition) is 4. The van der Waals surface area contributed by atoms with E-state index in [2.05, 4.69) is 4.98 Å². The van der Waals surface area contributed by atoms with E-state index in [1.54, 1.807) is 45.0 Å². The second kappa shape index (κ2) is 6.47. The molecule has 0 bridgehead atoms. The third kappa shape index (κ3) is 2.74. The Balaban J connectivity index is 2.49. The van der Waals surface area contributed by atoms with E-state index in [9.17, 15) is 9.59 Å². The van der Waals surface area contributed by atoms with Crippen LogP contribution in [0.4, 0.5) is 0 Å². The molecule has 0 atom stereocenters. The first-order valence-electron chi connectivity index (χ1n) is 7.05. The molecule has 1 heterocycles. The van der Waals surface area contributed by atoms with Crippen LogP contribution >= 0.6 is 0 Å². The zero-order chi connectivity index (χ0) is 16.3. The number of H-pyrrole nitrogens is 1. The molecular formula is C17H19NO4. The van der Waals surface area contributed by atoms with E-state index in [1.807, 2.05) is 0 Å². The summed E-state index contributed by atoms with van der Waals surface area (Å²) in [5.74, 6) is -0.133. The van der Waals surface area contributed by atoms with Crippen molar-refractivity contribution in [2.75, 3.05) is 13.7 Å². The maximum atomic E-state index is 12.8. The van der Waals surface area contributed by atoms with Crippen LogP contribution in [-0.2, 0) is 4.74 Å². The fraction of sp³-hybridized carbons (Fsp3) is 0.294. The van der Waals surface area contributed by atoms with E-state index in [1.165, 1.54) is 7.11 Å². The molecule has 0 unspecified atom stereocenters. The van der Waals surface area contributed by atoms with Gasteiger partial charge in [-0.3, -0.25) is 4.79 Å². The topological polar surface area (TPSA) is 68.4 Å². The number of aromatic nitrogens is 1. The van der Waals surface area contributed by atoms with Crippen LogP contribution in [0.1, 0.15) is 44.6 Å². The molecule has 1 aromatic heterocycles. The molecule has 0 spiro atoms. The SMILES string of the molecule is CCOC(=O)c1[nH]c(C)c(C(=O)c2ccccc2OC)c1C. The molecule has 0 saturated heterocycles. The molecule has 5 nitrogen and oxygen atoms in total. The molecule has 0 fully saturated rings. The van der Waals surface area contributed by atoms with Crippen LogP contribution in [-0.4, -0.2) is 30.5 Å². The number of nitrogens with one attached hydrogen (secondary N) is 1. The lowest BCUT2D eigenvalue weighted by molar-refractivity contribution is 0.0519. The standard InChI is InChI=1S/C17H19NO4/c1-5-22-17(20)15-10(2)14(11(3)18-15)16(19)12-8-6-7-9-13(12)21-4/h6-9,18H,5H2,1-4H3. The van der Waals surface area contributed by atoms with Crippen LogP contribution in [0.3, 0.4) is 0 Å². The summed E-state index contributed by atoms with van der Waals surface area (Å²) in [5, 5.41) is 0. The van der Waals surface area contributed by atoms with Gasteiger partial charge in [0.25, 0.3) is 0 Å². The highest BCUT2D eigenvalue weighted by atomic mass is 16.5. The van der Waals surface area contributed by atoms with Crippen LogP contribution in [0, 0.1) is 13.8 Å². The van der Waals surface area contributed by atoms with Gasteiger partial charge in [-0.25, -0.2) is 4.79 Å². The normalized spacial score (nSPS) is 10.4. The fourth-order valence-corrected chi connectivity index (χ4v) is 2.46. The van der Waals surface area contributed by atoms with Gasteiger partial charge in [-0.05, 0) is 38.5 Å². The molecule has 5 heteroatoms. The number of aromatic amines is 1. The van der Waals surface area contributed by atoms with Gasteiger partial charge in [0.1, 0.15) is 11.4 Å². The van der Waals surface area contributed by atoms with E-state index in [0.29, 0.717) is 33.8 Å². The van der Waals surface area contributed by atoms with Crippen LogP contribution in [0.5, 0.6) is 5.75 Å². The molecule has 1 aromatic carbocycles. The van der Waals surface area contributed by atoms with E-state index < -0.39 is 5.97 Å². The number of hydrogen-bond donors (Lipinski definition) is 1. The van der Waals surface area contributed by atoms with Crippen LogP contribution in [0.15, 0.2) is 24.3 Å². The van der Waals surface area contributed by atoms with Gasteiger partial charge in [0, 0.05) is 11.3 Å². The first-order valence-corrected chi connectivity index (χ1v) is 7.05. The van der Waals surface area contributed by atoms with E-state index in [0.717, 1.165) is 0 Å². The number of ketones is 1. The van der Waals surface area contributed by atoms with Crippen molar-refractivity contribution in [3.63, 3.8) is 0 Å². The fourth-order valence-electron chi connectivity index (χ4n) is 2.46. The minimum Gasteiger partial charge on any atom is -0.496 e. The third-order valence-electron chi connectivity index (χ3n) is 3.50. The number of para-hydroxylation sites is 1. The quantitative estimate of drug-likeness (QED) is 0.681. The Morgan fingerprint density at radius 3 is 2.50 bits per heavy atom. The summed E-state index contributed by atoms with van der Waals surface area (Å²) in [7, 11) is 1.52. The van der Waals surface area contributed by atoms with Gasteiger partial charge in [0.05, 0.1) is 19.3 Å². The Hall–Kier alpha value is -2.56. The van der Waals surface area contributed by atoms with Crippen molar-refractivity contribution in [1.82, 2.24) is 4.98 Å². The highest BCUT2D eigenvalue weighted by molar-refractivity contribution is 6.13. The monoisotopic (exact) mass is 301 g/mol. The van der Waals surface area contributed by atoms with Gasteiger partial charge < -0.3 is 14.5 Å². The Bertz CT molecular complexity index is 715. The zero-order valence-electron chi connectivity index (χ0n) is 13.1. The average Bonchev–Trinajstić information content (AvgIpc) is 2.81. The lowest BCUT2D eigenvalue weighted by Gasteiger charge is -2.08. The number of benzene rings is 1. The summed E-state index contributed by atoms with van der Waals surface area (Å²) < 4.78 is 10.2. The maximum Gasteiger partial charge on any atom is 0.355 e. The number of carbonyl (C=O) groups is 2. The first kappa shape index (κ1) is 15.8. The van der Waals surface area contributed by atoms with Crippen LogP contribution in [0.2, 0.25) is 0 Å². The van der Waals surface area contributed by atoms with Gasteiger partial charge in [-0.1, -0.05) is 12.1 Å². The number of aryl methyl sites for hydroxylation is 1. The predicted octanol–water partition coefficient (Wildman–Crippen LogP) is 3.05. The van der Waals surface area contributed by atoms with E-state index in [-0.39, 0.29) is 12.4 Å². The predicted molar refractivity (Wildman–Crippen MR) is 82.6 cm³/mol. The van der Waals surface area contributed by atoms with Gasteiger partial charge in [0.2, 0.25) is 0 Å². The second-order valence-corrected chi connectivity index (χ2v) is 4.87. The van der Waals surface area contributed by atoms with Gasteiger partial charge >= 0.3 is 5.97 Å². The first-order chi connectivity index (χ1) is 10.5. The number of methoxy groups -OCH3 is 1. The lowest BCUT2D eigenvalue weighted by Crippen LogP contribution is -2.08. The van der Waals surface area contributed by atoms with Crippen molar-refractivity contribution in [3.8, 4) is 5.75 Å². The Morgan fingerprint density at radius 2 is 1.86 bits per heavy atom. The molecule has 2 aromatic rings. The molecule has 1 N–H and O–H groups in total. The Labute approximate surface area is 129 Å². The van der Waals surface area contributed by atoms with Crippen molar-refractivity contribution in [2.45, 2.75) is 20.8 Å². The summed E-state index contributed by atoms with van der Waals surface area (Å²) in [4.78, 5) is 27.7.